The van der Waals surface area contributed by atoms with E-state index in [-0.39, 0.29) is 30.2 Å². The Hall–Kier alpha value is -3.06. The van der Waals surface area contributed by atoms with Crippen molar-refractivity contribution < 1.29 is 22.7 Å². The van der Waals surface area contributed by atoms with Crippen LogP contribution in [-0.2, 0) is 26.1 Å². The van der Waals surface area contributed by atoms with E-state index in [0.29, 0.717) is 35.4 Å². The largest absolute Gasteiger partial charge is 0.495 e. The maximum atomic E-state index is 13.0. The molecule has 2 heterocycles. The zero-order chi connectivity index (χ0) is 23.4. The molecule has 2 aromatic carbocycles. The Morgan fingerprint density at radius 2 is 1.91 bits per heavy atom. The summed E-state index contributed by atoms with van der Waals surface area (Å²) in [6.07, 6.45) is 0. The summed E-state index contributed by atoms with van der Waals surface area (Å²) >= 11 is 5.89. The van der Waals surface area contributed by atoms with Crippen LogP contribution < -0.4 is 10.1 Å². The minimum Gasteiger partial charge on any atom is -0.495 e. The Morgan fingerprint density at radius 3 is 2.61 bits per heavy atom. The molecule has 4 rings (SSSR count). The summed E-state index contributed by atoms with van der Waals surface area (Å²) in [7, 11) is -2.31. The summed E-state index contributed by atoms with van der Waals surface area (Å²) in [4.78, 5) is 13.8. The minimum atomic E-state index is -3.74. The van der Waals surface area contributed by atoms with E-state index in [1.807, 2.05) is 0 Å². The van der Waals surface area contributed by atoms with Crippen LogP contribution in [0.3, 0.4) is 0 Å². The van der Waals surface area contributed by atoms with Gasteiger partial charge in [-0.3, -0.25) is 4.79 Å². The molecule has 1 saturated heterocycles. The van der Waals surface area contributed by atoms with Gasteiger partial charge in [0.2, 0.25) is 21.8 Å². The van der Waals surface area contributed by atoms with Crippen LogP contribution in [-0.4, -0.2) is 72.3 Å². The monoisotopic (exact) mass is 492 g/mol. The van der Waals surface area contributed by atoms with Gasteiger partial charge in [0.05, 0.1) is 30.9 Å². The number of nitrogens with one attached hydrogen (secondary N) is 1. The van der Waals surface area contributed by atoms with Crippen LogP contribution in [0.15, 0.2) is 47.4 Å². The molecular formula is C20H21ClN6O5S. The van der Waals surface area contributed by atoms with E-state index in [9.17, 15) is 13.2 Å². The Kier molecular flexibility index (Phi) is 6.88. The van der Waals surface area contributed by atoms with Crippen LogP contribution in [0.4, 0.5) is 5.69 Å². The third kappa shape index (κ3) is 5.30. The molecule has 1 aromatic heterocycles. The fourth-order valence-electron chi connectivity index (χ4n) is 3.22. The lowest BCUT2D eigenvalue weighted by atomic mass is 10.2. The van der Waals surface area contributed by atoms with E-state index < -0.39 is 15.9 Å². The first-order valence-electron chi connectivity index (χ1n) is 9.96. The molecule has 1 aliphatic rings. The number of rotatable bonds is 7. The molecule has 0 spiro atoms. The van der Waals surface area contributed by atoms with Gasteiger partial charge in [-0.2, -0.15) is 9.10 Å². The highest BCUT2D eigenvalue weighted by atomic mass is 35.5. The van der Waals surface area contributed by atoms with Crippen molar-refractivity contribution in [2.24, 2.45) is 0 Å². The van der Waals surface area contributed by atoms with Crippen molar-refractivity contribution in [3.63, 3.8) is 0 Å². The van der Waals surface area contributed by atoms with Gasteiger partial charge in [0, 0.05) is 23.7 Å². The summed E-state index contributed by atoms with van der Waals surface area (Å²) in [5.41, 5.74) is 0.920. The molecule has 1 amide bonds. The summed E-state index contributed by atoms with van der Waals surface area (Å²) in [6, 6.07) is 11.2. The van der Waals surface area contributed by atoms with Crippen LogP contribution in [0, 0.1) is 0 Å². The minimum absolute atomic E-state index is 0.0457. The zero-order valence-electron chi connectivity index (χ0n) is 17.6. The first-order valence-corrected chi connectivity index (χ1v) is 11.8. The van der Waals surface area contributed by atoms with Crippen molar-refractivity contribution in [1.82, 2.24) is 24.5 Å². The molecule has 1 N–H and O–H groups in total. The van der Waals surface area contributed by atoms with Crippen LogP contribution in [0.5, 0.6) is 5.75 Å². The van der Waals surface area contributed by atoms with Gasteiger partial charge in [-0.15, -0.1) is 10.2 Å². The van der Waals surface area contributed by atoms with E-state index in [2.05, 4.69) is 20.7 Å². The smallest absolute Gasteiger partial charge is 0.248 e. The lowest BCUT2D eigenvalue weighted by molar-refractivity contribution is -0.117. The number of halogens is 1. The molecule has 0 unspecified atom stereocenters. The molecule has 1 fully saturated rings. The fourth-order valence-corrected chi connectivity index (χ4v) is 4.78. The molecule has 11 nitrogen and oxygen atoms in total. The van der Waals surface area contributed by atoms with Crippen molar-refractivity contribution in [2.45, 2.75) is 11.4 Å². The van der Waals surface area contributed by atoms with Gasteiger partial charge in [-0.05, 0) is 47.7 Å². The van der Waals surface area contributed by atoms with E-state index >= 15 is 0 Å². The van der Waals surface area contributed by atoms with Crippen molar-refractivity contribution in [3.05, 3.63) is 47.5 Å². The number of anilines is 1. The molecule has 0 radical (unpaired) electrons. The van der Waals surface area contributed by atoms with Crippen LogP contribution in [0.2, 0.25) is 5.02 Å². The molecule has 13 heteroatoms. The third-order valence-electron chi connectivity index (χ3n) is 4.89. The zero-order valence-corrected chi connectivity index (χ0v) is 19.2. The van der Waals surface area contributed by atoms with Gasteiger partial charge in [0.25, 0.3) is 0 Å². The topological polar surface area (TPSA) is 129 Å². The number of hydrogen-bond acceptors (Lipinski definition) is 8. The summed E-state index contributed by atoms with van der Waals surface area (Å²) < 4.78 is 37.8. The lowest BCUT2D eigenvalue weighted by Gasteiger charge is -2.26. The number of sulfonamides is 1. The van der Waals surface area contributed by atoms with E-state index in [4.69, 9.17) is 21.1 Å². The molecule has 0 bridgehead atoms. The lowest BCUT2D eigenvalue weighted by Crippen LogP contribution is -2.40. The van der Waals surface area contributed by atoms with Crippen LogP contribution >= 0.6 is 11.6 Å². The van der Waals surface area contributed by atoms with E-state index in [1.165, 1.54) is 29.6 Å². The van der Waals surface area contributed by atoms with Gasteiger partial charge < -0.3 is 14.8 Å². The highest BCUT2D eigenvalue weighted by molar-refractivity contribution is 7.89. The standard InChI is InChI=1S/C20H21ClN6O5S/c1-31-18-7-6-16(33(29,30)26-8-10-32-11-9-26)12-17(18)22-19(28)13-27-24-20(23-25-27)14-2-4-15(21)5-3-14/h2-7,12H,8-11,13H2,1H3,(H,22,28). The number of nitrogens with zero attached hydrogens (tertiary/aromatic N) is 5. The second kappa shape index (κ2) is 9.83. The number of benzene rings is 2. The second-order valence-corrected chi connectivity index (χ2v) is 9.45. The van der Waals surface area contributed by atoms with Crippen molar-refractivity contribution >= 4 is 33.2 Å². The van der Waals surface area contributed by atoms with Crippen molar-refractivity contribution in [1.29, 1.82) is 0 Å². The van der Waals surface area contributed by atoms with Crippen LogP contribution in [0.1, 0.15) is 0 Å². The number of aromatic nitrogens is 4. The number of tetrazole rings is 1. The second-order valence-electron chi connectivity index (χ2n) is 7.08. The van der Waals surface area contributed by atoms with Crippen LogP contribution in [0.25, 0.3) is 11.4 Å². The first-order chi connectivity index (χ1) is 15.9. The number of carbonyl (C=O) groups excluding carboxylic acids is 1. The number of ether oxygens (including phenoxy) is 2. The number of carbonyl (C=O) groups is 1. The Bertz CT molecular complexity index is 1240. The van der Waals surface area contributed by atoms with Crippen molar-refractivity contribution in [2.75, 3.05) is 38.7 Å². The molecule has 33 heavy (non-hydrogen) atoms. The molecule has 0 saturated carbocycles. The molecule has 1 aliphatic heterocycles. The summed E-state index contributed by atoms with van der Waals surface area (Å²) in [5, 5.41) is 15.3. The Labute approximate surface area is 195 Å². The number of amides is 1. The van der Waals surface area contributed by atoms with Crippen molar-refractivity contribution in [3.8, 4) is 17.1 Å². The molecule has 0 aliphatic carbocycles. The first kappa shape index (κ1) is 23.1. The molecule has 3 aromatic rings. The van der Waals surface area contributed by atoms with Gasteiger partial charge >= 0.3 is 0 Å². The maximum Gasteiger partial charge on any atom is 0.248 e. The Morgan fingerprint density at radius 1 is 1.18 bits per heavy atom. The van der Waals surface area contributed by atoms with E-state index in [0.717, 1.165) is 4.80 Å². The fraction of sp³-hybridized carbons (Fsp3) is 0.300. The quantitative estimate of drug-likeness (QED) is 0.527. The van der Waals surface area contributed by atoms with Gasteiger partial charge in [0.15, 0.2) is 0 Å². The highest BCUT2D eigenvalue weighted by Crippen LogP contribution is 2.29. The van der Waals surface area contributed by atoms with Gasteiger partial charge in [-0.1, -0.05) is 11.6 Å². The predicted octanol–water partition coefficient (Wildman–Crippen LogP) is 1.66. The SMILES string of the molecule is COc1ccc(S(=O)(=O)N2CCOCC2)cc1NC(=O)Cn1nnc(-c2ccc(Cl)cc2)n1. The number of methoxy groups -OCH3 is 1. The van der Waals surface area contributed by atoms with E-state index in [1.54, 1.807) is 24.3 Å². The average molecular weight is 493 g/mol. The maximum absolute atomic E-state index is 13.0. The normalized spacial score (nSPS) is 14.7. The Balaban J connectivity index is 1.49. The van der Waals surface area contributed by atoms with Gasteiger partial charge in [-0.25, -0.2) is 8.42 Å². The predicted molar refractivity (Wildman–Crippen MR) is 119 cm³/mol. The number of morpholine rings is 1. The summed E-state index contributed by atoms with van der Waals surface area (Å²) in [5.74, 6) is 0.183. The number of hydrogen-bond donors (Lipinski definition) is 1. The average Bonchev–Trinajstić information content (AvgIpc) is 3.28. The third-order valence-corrected chi connectivity index (χ3v) is 7.04. The molecule has 0 atom stereocenters. The highest BCUT2D eigenvalue weighted by Gasteiger charge is 2.27. The molecular weight excluding hydrogens is 472 g/mol. The van der Waals surface area contributed by atoms with Gasteiger partial charge in [0.1, 0.15) is 12.3 Å². The molecule has 174 valence electrons. The summed E-state index contributed by atoms with van der Waals surface area (Å²) in [6.45, 7) is 0.974.